The van der Waals surface area contributed by atoms with E-state index in [1.54, 1.807) is 25.1 Å². The molecule has 2 aliphatic rings. The quantitative estimate of drug-likeness (QED) is 0.181. The number of alkyl halides is 3. The van der Waals surface area contributed by atoms with Gasteiger partial charge in [-0.15, -0.1) is 11.8 Å². The van der Waals surface area contributed by atoms with Crippen LogP contribution >= 0.6 is 23.8 Å². The molecule has 10 heteroatoms. The number of allylic oxidation sites excluding steroid dienone is 3. The summed E-state index contributed by atoms with van der Waals surface area (Å²) in [6.07, 6.45) is 12.2. The summed E-state index contributed by atoms with van der Waals surface area (Å²) in [7, 11) is 1.67. The highest BCUT2D eigenvalue weighted by Gasteiger charge is 2.29. The molecule has 0 amide bonds. The van der Waals surface area contributed by atoms with Gasteiger partial charge in [0.1, 0.15) is 11.5 Å². The number of methoxy groups -OCH3 is 1. The third kappa shape index (κ3) is 10.0. The van der Waals surface area contributed by atoms with E-state index in [0.29, 0.717) is 5.56 Å². The van der Waals surface area contributed by atoms with Gasteiger partial charge in [0.05, 0.1) is 24.7 Å². The minimum atomic E-state index is -4.35. The predicted molar refractivity (Wildman–Crippen MR) is 171 cm³/mol. The lowest BCUT2D eigenvalue weighted by atomic mass is 10.1. The normalized spacial score (nSPS) is 18.3. The van der Waals surface area contributed by atoms with E-state index in [4.69, 9.17) is 13.9 Å². The van der Waals surface area contributed by atoms with Gasteiger partial charge in [-0.1, -0.05) is 36.4 Å². The molecule has 0 saturated carbocycles. The van der Waals surface area contributed by atoms with Crippen molar-refractivity contribution in [3.8, 4) is 5.75 Å². The summed E-state index contributed by atoms with van der Waals surface area (Å²) in [4.78, 5) is 9.52. The molecule has 0 radical (unpaired) electrons. The molecule has 1 atom stereocenters. The summed E-state index contributed by atoms with van der Waals surface area (Å²) in [6, 6.07) is 13.3. The minimum absolute atomic E-state index is 0.201. The van der Waals surface area contributed by atoms with E-state index >= 15 is 0 Å². The topological polar surface area (TPSA) is 37.3 Å². The molecule has 224 valence electrons. The van der Waals surface area contributed by atoms with Crippen molar-refractivity contribution in [2.75, 3.05) is 56.7 Å². The summed E-state index contributed by atoms with van der Waals surface area (Å²) >= 11 is 3.08. The predicted octanol–water partition coefficient (Wildman–Crippen LogP) is 7.64. The molecule has 42 heavy (non-hydrogen) atoms. The average Bonchev–Trinajstić information content (AvgIpc) is 3.23. The minimum Gasteiger partial charge on any atom is -0.497 e. The molecule has 1 aliphatic heterocycles. The van der Waals surface area contributed by atoms with Gasteiger partial charge in [-0.2, -0.15) is 13.2 Å². The zero-order valence-electron chi connectivity index (χ0n) is 23.8. The van der Waals surface area contributed by atoms with Crippen LogP contribution in [-0.2, 0) is 10.4 Å². The third-order valence-corrected chi connectivity index (χ3v) is 8.33. The number of piperazine rings is 1. The lowest BCUT2D eigenvalue weighted by Crippen LogP contribution is -2.46. The number of benzene rings is 2. The highest BCUT2D eigenvalue weighted by Crippen LogP contribution is 2.29. The molecular formula is C32H36F3N3O2S2. The molecule has 2 aromatic rings. The Balaban J connectivity index is 1.35. The molecule has 1 unspecified atom stereocenters. The number of rotatable bonds is 12. The monoisotopic (exact) mass is 615 g/mol. The first-order valence-corrected chi connectivity index (χ1v) is 15.9. The van der Waals surface area contributed by atoms with Crippen LogP contribution in [-0.4, -0.2) is 68.2 Å². The summed E-state index contributed by atoms with van der Waals surface area (Å²) in [6.45, 7) is 4.63. The first kappa shape index (κ1) is 31.8. The number of hydrogen-bond acceptors (Lipinski definition) is 7. The first-order chi connectivity index (χ1) is 20.3. The maximum absolute atomic E-state index is 13.0. The van der Waals surface area contributed by atoms with Crippen LogP contribution in [0.1, 0.15) is 17.5 Å². The van der Waals surface area contributed by atoms with Crippen LogP contribution in [0.15, 0.2) is 101 Å². The van der Waals surface area contributed by atoms with Crippen molar-refractivity contribution in [1.29, 1.82) is 0 Å². The van der Waals surface area contributed by atoms with E-state index in [2.05, 4.69) is 40.2 Å². The van der Waals surface area contributed by atoms with Crippen molar-refractivity contribution in [1.82, 2.24) is 4.90 Å². The average molecular weight is 616 g/mol. The number of hydrogen-bond donors (Lipinski definition) is 0. The fourth-order valence-corrected chi connectivity index (χ4v) is 5.72. The smallest absolute Gasteiger partial charge is 0.416 e. The summed E-state index contributed by atoms with van der Waals surface area (Å²) in [5, 5.41) is 0.201. The molecule has 5 nitrogen and oxygen atoms in total. The Kier molecular flexibility index (Phi) is 12.1. The maximum Gasteiger partial charge on any atom is 0.416 e. The highest BCUT2D eigenvalue weighted by atomic mass is 32.2. The largest absolute Gasteiger partial charge is 0.497 e. The lowest BCUT2D eigenvalue weighted by Gasteiger charge is -2.36. The molecule has 1 fully saturated rings. The molecule has 1 saturated heterocycles. The Labute approximate surface area is 255 Å². The molecule has 0 N–H and O–H groups in total. The van der Waals surface area contributed by atoms with Crippen molar-refractivity contribution in [2.45, 2.75) is 17.8 Å². The van der Waals surface area contributed by atoms with E-state index in [0.717, 1.165) is 74.2 Å². The zero-order valence-corrected chi connectivity index (χ0v) is 25.4. The summed E-state index contributed by atoms with van der Waals surface area (Å²) < 4.78 is 49.7. The van der Waals surface area contributed by atoms with Crippen molar-refractivity contribution in [3.63, 3.8) is 0 Å². The number of aliphatic imine (C=N–C) groups is 1. The van der Waals surface area contributed by atoms with Crippen molar-refractivity contribution in [3.05, 3.63) is 108 Å². The van der Waals surface area contributed by atoms with Gasteiger partial charge >= 0.3 is 6.18 Å². The van der Waals surface area contributed by atoms with Crippen molar-refractivity contribution in [2.24, 2.45) is 4.99 Å². The van der Waals surface area contributed by atoms with Gasteiger partial charge < -0.3 is 13.8 Å². The molecule has 4 rings (SSSR count). The Morgan fingerprint density at radius 3 is 2.43 bits per heavy atom. The Morgan fingerprint density at radius 1 is 1.02 bits per heavy atom. The second-order valence-electron chi connectivity index (χ2n) is 9.71. The summed E-state index contributed by atoms with van der Waals surface area (Å²) in [5.41, 5.74) is 2.09. The third-order valence-electron chi connectivity index (χ3n) is 6.91. The van der Waals surface area contributed by atoms with Gasteiger partial charge in [0, 0.05) is 74.0 Å². The van der Waals surface area contributed by atoms with E-state index in [1.165, 1.54) is 29.9 Å². The van der Waals surface area contributed by atoms with Crippen LogP contribution < -0.4 is 9.64 Å². The van der Waals surface area contributed by atoms with E-state index in [9.17, 15) is 13.2 Å². The van der Waals surface area contributed by atoms with Crippen molar-refractivity contribution >= 4 is 35.7 Å². The number of ether oxygens (including phenoxy) is 1. The van der Waals surface area contributed by atoms with Gasteiger partial charge in [0.25, 0.3) is 0 Å². The lowest BCUT2D eigenvalue weighted by molar-refractivity contribution is -0.137. The van der Waals surface area contributed by atoms with E-state index in [-0.39, 0.29) is 5.25 Å². The molecule has 2 aromatic carbocycles. The SMILES string of the molecule is COc1ccc(N2CCN(CC/C(=C\CSC3C=CC=C(OSC)C=C3)N=Cc3ccc(C(F)(F)F)cc3)CC2)cc1. The first-order valence-electron chi connectivity index (χ1n) is 13.7. The molecular weight excluding hydrogens is 579 g/mol. The van der Waals surface area contributed by atoms with Crippen LogP contribution in [0, 0.1) is 0 Å². The van der Waals surface area contributed by atoms with E-state index in [1.807, 2.05) is 36.6 Å². The molecule has 0 bridgehead atoms. The number of halogens is 3. The number of anilines is 1. The van der Waals surface area contributed by atoms with Crippen LogP contribution in [0.4, 0.5) is 18.9 Å². The summed E-state index contributed by atoms with van der Waals surface area (Å²) in [5.74, 6) is 2.42. The van der Waals surface area contributed by atoms with Gasteiger partial charge in [0.2, 0.25) is 0 Å². The standard InChI is InChI=1S/C32H36F3N3O2S2/c1-39-29-12-10-28(11-13-29)38-21-19-37(20-22-38)18-16-27(36-24-25-6-8-26(9-7-25)32(33,34)35)17-23-42-31-5-3-4-30(14-15-31)40-41-2/h3-15,17,24,31H,16,18-23H2,1-2H3/b27-17+,36-24?. The van der Waals surface area contributed by atoms with E-state index < -0.39 is 11.7 Å². The van der Waals surface area contributed by atoms with Crippen LogP contribution in [0.25, 0.3) is 0 Å². The fourth-order valence-electron chi connectivity index (χ4n) is 4.52. The fraction of sp³-hybridized carbons (Fsp3) is 0.344. The van der Waals surface area contributed by atoms with Crippen LogP contribution in [0.5, 0.6) is 5.75 Å². The Bertz CT molecular complexity index is 1280. The molecule has 0 spiro atoms. The Hall–Kier alpha value is -3.08. The van der Waals surface area contributed by atoms with Gasteiger partial charge in [-0.25, -0.2) is 0 Å². The van der Waals surface area contributed by atoms with Crippen LogP contribution in [0.2, 0.25) is 0 Å². The van der Waals surface area contributed by atoms with Gasteiger partial charge in [0.15, 0.2) is 0 Å². The zero-order chi connectivity index (χ0) is 29.8. The maximum atomic E-state index is 13.0. The van der Waals surface area contributed by atoms with Gasteiger partial charge in [-0.05, 0) is 54.1 Å². The molecule has 0 aromatic heterocycles. The highest BCUT2D eigenvalue weighted by molar-refractivity contribution is 8.00. The number of nitrogens with zero attached hydrogens (tertiary/aromatic N) is 3. The second kappa shape index (κ2) is 16.0. The molecule has 1 aliphatic carbocycles. The van der Waals surface area contributed by atoms with Crippen LogP contribution in [0.3, 0.4) is 0 Å². The molecule has 1 heterocycles. The van der Waals surface area contributed by atoms with Gasteiger partial charge in [-0.3, -0.25) is 9.89 Å². The number of thioether (sulfide) groups is 1. The Morgan fingerprint density at radius 2 is 1.76 bits per heavy atom. The second-order valence-corrected chi connectivity index (χ2v) is 11.4. The van der Waals surface area contributed by atoms with Crippen molar-refractivity contribution < 1.29 is 22.1 Å².